The van der Waals surface area contributed by atoms with E-state index in [4.69, 9.17) is 4.74 Å². The maximum atomic E-state index is 16.1. The van der Waals surface area contributed by atoms with Crippen LogP contribution in [-0.2, 0) is 6.42 Å². The summed E-state index contributed by atoms with van der Waals surface area (Å²) in [5.41, 5.74) is 1.65. The van der Waals surface area contributed by atoms with Crippen LogP contribution in [-0.4, -0.2) is 51.8 Å². The van der Waals surface area contributed by atoms with Crippen LogP contribution in [0, 0.1) is 22.9 Å². The van der Waals surface area contributed by atoms with E-state index in [1.54, 1.807) is 18.2 Å². The molecule has 1 unspecified atom stereocenters. The van der Waals surface area contributed by atoms with Gasteiger partial charge in [0.1, 0.15) is 18.3 Å². The van der Waals surface area contributed by atoms with Gasteiger partial charge in [-0.2, -0.15) is 4.68 Å². The van der Waals surface area contributed by atoms with E-state index in [2.05, 4.69) is 31.3 Å². The average molecular weight is 613 g/mol. The number of likely N-dealkylation sites (N-methyl/N-ethyl adjacent to an activating group) is 1. The number of nitrogens with one attached hydrogen (secondary N) is 2. The summed E-state index contributed by atoms with van der Waals surface area (Å²) in [7, 11) is 3.80. The van der Waals surface area contributed by atoms with E-state index in [0.29, 0.717) is 18.7 Å². The molecule has 2 N–H and O–H groups in total. The second-order valence-electron chi connectivity index (χ2n) is 9.52. The fourth-order valence-electron chi connectivity index (χ4n) is 4.16. The number of aromatic amines is 1. The first-order valence-corrected chi connectivity index (χ1v) is 13.4. The zero-order chi connectivity index (χ0) is 29.0. The molecule has 10 nitrogen and oxygen atoms in total. The van der Waals surface area contributed by atoms with Crippen molar-refractivity contribution >= 4 is 27.3 Å². The molecule has 0 fully saturated rings. The smallest absolute Gasteiger partial charge is 0.348 e. The van der Waals surface area contributed by atoms with Gasteiger partial charge in [0.2, 0.25) is 0 Å². The van der Waals surface area contributed by atoms with Gasteiger partial charge in [0.25, 0.3) is 5.69 Å². The van der Waals surface area contributed by atoms with Crippen LogP contribution in [0.25, 0.3) is 5.69 Å². The molecule has 0 saturated heterocycles. The summed E-state index contributed by atoms with van der Waals surface area (Å²) in [4.78, 5) is 28.7. The maximum Gasteiger partial charge on any atom is 0.348 e. The molecule has 40 heavy (non-hydrogen) atoms. The lowest BCUT2D eigenvalue weighted by molar-refractivity contribution is -0.384. The molecule has 0 radical (unpaired) electrons. The Labute approximate surface area is 239 Å². The predicted molar refractivity (Wildman–Crippen MR) is 155 cm³/mol. The highest BCUT2D eigenvalue weighted by atomic mass is 79.9. The molecule has 0 spiro atoms. The van der Waals surface area contributed by atoms with Crippen LogP contribution in [0.15, 0.2) is 63.9 Å². The first-order valence-electron chi connectivity index (χ1n) is 12.6. The molecule has 1 heterocycles. The number of aromatic nitrogens is 3. The summed E-state index contributed by atoms with van der Waals surface area (Å²) in [6, 6.07) is 13.8. The number of hydrogen-bond donors (Lipinski definition) is 2. The van der Waals surface area contributed by atoms with E-state index >= 15 is 4.39 Å². The number of H-pyrrole nitrogens is 1. The van der Waals surface area contributed by atoms with Crippen LogP contribution < -0.4 is 15.7 Å². The van der Waals surface area contributed by atoms with Gasteiger partial charge < -0.3 is 15.0 Å². The van der Waals surface area contributed by atoms with Crippen LogP contribution in [0.5, 0.6) is 5.75 Å². The van der Waals surface area contributed by atoms with Crippen molar-refractivity contribution in [2.45, 2.75) is 26.3 Å². The van der Waals surface area contributed by atoms with Crippen LogP contribution in [0.2, 0.25) is 0 Å². The van der Waals surface area contributed by atoms with Gasteiger partial charge in [-0.15, -0.1) is 5.10 Å². The van der Waals surface area contributed by atoms with E-state index in [0.717, 1.165) is 20.3 Å². The molecule has 210 valence electrons. The largest absolute Gasteiger partial charge is 0.489 e. The molecule has 3 aromatic carbocycles. The van der Waals surface area contributed by atoms with Crippen LogP contribution in [0.1, 0.15) is 35.5 Å². The lowest BCUT2D eigenvalue weighted by Crippen LogP contribution is -2.21. The van der Waals surface area contributed by atoms with E-state index in [9.17, 15) is 14.9 Å². The van der Waals surface area contributed by atoms with Crippen molar-refractivity contribution in [1.29, 1.82) is 0 Å². The maximum absolute atomic E-state index is 16.1. The minimum absolute atomic E-state index is 0.00581. The molecular formula is C28H30BrFN6O4. The Morgan fingerprint density at radius 2 is 1.98 bits per heavy atom. The average Bonchev–Trinajstić information content (AvgIpc) is 3.31. The first kappa shape index (κ1) is 29.0. The van der Waals surface area contributed by atoms with E-state index in [-0.39, 0.29) is 35.1 Å². The molecule has 4 aromatic rings. The SMILES string of the molecule is CCc1cc(OCCN(C)C)c(F)c(C(Nc2ccc(Br)c(C)c2)c2nn(-c3ccccc3[N+](=O)[O-])c(=O)[nH]2)c1. The van der Waals surface area contributed by atoms with Gasteiger partial charge in [0.15, 0.2) is 17.4 Å². The van der Waals surface area contributed by atoms with E-state index < -0.39 is 22.5 Å². The van der Waals surface area contributed by atoms with Crippen molar-refractivity contribution in [1.82, 2.24) is 19.7 Å². The molecule has 0 amide bonds. The Balaban J connectivity index is 1.87. The molecule has 0 aliphatic carbocycles. The molecule has 0 aliphatic heterocycles. The quantitative estimate of drug-likeness (QED) is 0.172. The number of nitrogens with zero attached hydrogens (tertiary/aromatic N) is 4. The number of halogens is 2. The number of nitro benzene ring substituents is 1. The summed E-state index contributed by atoms with van der Waals surface area (Å²) >= 11 is 3.49. The molecule has 0 saturated carbocycles. The Kier molecular flexibility index (Phi) is 9.00. The molecule has 0 bridgehead atoms. The molecule has 0 aliphatic rings. The molecule has 4 rings (SSSR count). The van der Waals surface area contributed by atoms with Gasteiger partial charge in [-0.3, -0.25) is 15.1 Å². The minimum atomic E-state index is -0.958. The van der Waals surface area contributed by atoms with E-state index in [1.165, 1.54) is 18.2 Å². The van der Waals surface area contributed by atoms with Crippen molar-refractivity contribution in [3.05, 3.63) is 108 Å². The Morgan fingerprint density at radius 3 is 2.65 bits per heavy atom. The normalized spacial score (nSPS) is 12.0. The number of ether oxygens (including phenoxy) is 1. The summed E-state index contributed by atoms with van der Waals surface area (Å²) in [6.45, 7) is 4.75. The third-order valence-electron chi connectivity index (χ3n) is 6.33. The highest BCUT2D eigenvalue weighted by Gasteiger charge is 2.27. The zero-order valence-electron chi connectivity index (χ0n) is 22.6. The number of benzene rings is 3. The fourth-order valence-corrected chi connectivity index (χ4v) is 4.41. The number of aryl methyl sites for hydroxylation is 2. The Morgan fingerprint density at radius 1 is 1.23 bits per heavy atom. The zero-order valence-corrected chi connectivity index (χ0v) is 24.2. The minimum Gasteiger partial charge on any atom is -0.489 e. The highest BCUT2D eigenvalue weighted by Crippen LogP contribution is 2.34. The molecule has 12 heteroatoms. The van der Waals surface area contributed by atoms with Crippen molar-refractivity contribution in [3.63, 3.8) is 0 Å². The Bertz CT molecular complexity index is 1590. The van der Waals surface area contributed by atoms with E-state index in [1.807, 2.05) is 51.0 Å². The Hall–Kier alpha value is -4.03. The standard InChI is InChI=1S/C28H30BrFN6O4/c1-5-18-15-20(25(30)24(16-18)40-13-12-34(3)4)26(31-19-10-11-21(29)17(2)14-19)27-32-28(37)35(33-27)22-8-6-7-9-23(22)36(38)39/h6-11,14-16,26,31H,5,12-13H2,1-4H3,(H,32,33,37). The number of nitro groups is 1. The second kappa shape index (κ2) is 12.4. The van der Waals surface area contributed by atoms with Gasteiger partial charge >= 0.3 is 5.69 Å². The lowest BCUT2D eigenvalue weighted by Gasteiger charge is -2.22. The summed E-state index contributed by atoms with van der Waals surface area (Å²) in [5.74, 6) is -0.422. The molecule has 1 atom stereocenters. The van der Waals surface area contributed by atoms with Crippen molar-refractivity contribution in [3.8, 4) is 11.4 Å². The summed E-state index contributed by atoms with van der Waals surface area (Å²) < 4.78 is 23.7. The fraction of sp³-hybridized carbons (Fsp3) is 0.286. The van der Waals surface area contributed by atoms with Gasteiger partial charge in [-0.1, -0.05) is 41.1 Å². The topological polar surface area (TPSA) is 118 Å². The predicted octanol–water partition coefficient (Wildman–Crippen LogP) is 5.38. The summed E-state index contributed by atoms with van der Waals surface area (Å²) in [5, 5.41) is 19.3. The number of hydrogen-bond acceptors (Lipinski definition) is 7. The number of anilines is 1. The first-order chi connectivity index (χ1) is 19.1. The second-order valence-corrected chi connectivity index (χ2v) is 10.4. The van der Waals surface area contributed by atoms with Gasteiger partial charge in [-0.05, 0) is 68.9 Å². The van der Waals surface area contributed by atoms with Crippen molar-refractivity contribution in [2.75, 3.05) is 32.6 Å². The highest BCUT2D eigenvalue weighted by molar-refractivity contribution is 9.10. The van der Waals surface area contributed by atoms with Crippen molar-refractivity contribution < 1.29 is 14.1 Å². The third-order valence-corrected chi connectivity index (χ3v) is 7.22. The lowest BCUT2D eigenvalue weighted by atomic mass is 10.00. The van der Waals surface area contributed by atoms with Gasteiger partial charge in [-0.25, -0.2) is 9.18 Å². The number of para-hydroxylation sites is 2. The van der Waals surface area contributed by atoms with Crippen LogP contribution in [0.4, 0.5) is 15.8 Å². The molecular weight excluding hydrogens is 583 g/mol. The monoisotopic (exact) mass is 612 g/mol. The van der Waals surface area contributed by atoms with Gasteiger partial charge in [0, 0.05) is 28.3 Å². The van der Waals surface area contributed by atoms with Crippen molar-refractivity contribution in [2.24, 2.45) is 0 Å². The van der Waals surface area contributed by atoms with Crippen LogP contribution >= 0.6 is 15.9 Å². The van der Waals surface area contributed by atoms with Crippen LogP contribution in [0.3, 0.4) is 0 Å². The number of rotatable bonds is 11. The molecule has 1 aromatic heterocycles. The third kappa shape index (κ3) is 6.40. The van der Waals surface area contributed by atoms with Gasteiger partial charge in [0.05, 0.1) is 4.92 Å². The summed E-state index contributed by atoms with van der Waals surface area (Å²) in [6.07, 6.45) is 0.614.